The van der Waals surface area contributed by atoms with E-state index in [-0.39, 0.29) is 0 Å². The highest BCUT2D eigenvalue weighted by Crippen LogP contribution is 2.14. The third kappa shape index (κ3) is 3.26. The smallest absolute Gasteiger partial charge is 0.0363 e. The van der Waals surface area contributed by atoms with Gasteiger partial charge in [0.25, 0.3) is 0 Å². The van der Waals surface area contributed by atoms with Gasteiger partial charge in [0.05, 0.1) is 0 Å². The number of rotatable bonds is 5. The lowest BCUT2D eigenvalue weighted by molar-refractivity contribution is 0.570. The van der Waals surface area contributed by atoms with Crippen molar-refractivity contribution in [2.75, 3.05) is 24.2 Å². The summed E-state index contributed by atoms with van der Waals surface area (Å²) in [6.45, 7) is 3.31. The molecule has 0 spiro atoms. The molecule has 0 amide bonds. The minimum atomic E-state index is 0.684. The average Bonchev–Trinajstić information content (AvgIpc) is 2.26. The van der Waals surface area contributed by atoms with Crippen LogP contribution < -0.4 is 4.90 Å². The van der Waals surface area contributed by atoms with E-state index in [0.717, 1.165) is 12.3 Å². The van der Waals surface area contributed by atoms with E-state index >= 15 is 0 Å². The Morgan fingerprint density at radius 2 is 1.93 bits per heavy atom. The summed E-state index contributed by atoms with van der Waals surface area (Å²) in [5.41, 5.74) is 1.28. The quantitative estimate of drug-likeness (QED) is 0.729. The van der Waals surface area contributed by atoms with Gasteiger partial charge in [-0.2, -0.15) is 12.6 Å². The molecule has 0 N–H and O–H groups in total. The summed E-state index contributed by atoms with van der Waals surface area (Å²) in [6.07, 6.45) is 1.20. The fourth-order valence-electron chi connectivity index (χ4n) is 1.49. The van der Waals surface area contributed by atoms with Crippen molar-refractivity contribution in [3.05, 3.63) is 30.3 Å². The molecular weight excluding hydrogens is 190 g/mol. The van der Waals surface area contributed by atoms with Crippen LogP contribution in [0.25, 0.3) is 0 Å². The summed E-state index contributed by atoms with van der Waals surface area (Å²) in [5.74, 6) is 1.65. The summed E-state index contributed by atoms with van der Waals surface area (Å²) >= 11 is 4.36. The van der Waals surface area contributed by atoms with E-state index < -0.39 is 0 Å². The van der Waals surface area contributed by atoms with Crippen LogP contribution in [0, 0.1) is 5.92 Å². The van der Waals surface area contributed by atoms with Crippen molar-refractivity contribution in [2.45, 2.75) is 13.3 Å². The highest BCUT2D eigenvalue weighted by Gasteiger charge is 2.07. The molecule has 0 fully saturated rings. The Labute approximate surface area is 92.5 Å². The van der Waals surface area contributed by atoms with Gasteiger partial charge in [0, 0.05) is 19.3 Å². The SMILES string of the molecule is CCC(CS)CN(C)c1ccccc1. The number of para-hydroxylation sites is 1. The molecular formula is C12H19NS. The van der Waals surface area contributed by atoms with Crippen LogP contribution in [0.4, 0.5) is 5.69 Å². The molecule has 1 atom stereocenters. The Bertz CT molecular complexity index is 244. The van der Waals surface area contributed by atoms with Crippen molar-refractivity contribution in [2.24, 2.45) is 5.92 Å². The molecule has 14 heavy (non-hydrogen) atoms. The summed E-state index contributed by atoms with van der Waals surface area (Å²) in [4.78, 5) is 2.30. The summed E-state index contributed by atoms with van der Waals surface area (Å²) in [7, 11) is 2.14. The van der Waals surface area contributed by atoms with Gasteiger partial charge in [-0.3, -0.25) is 0 Å². The minimum Gasteiger partial charge on any atom is -0.374 e. The van der Waals surface area contributed by atoms with Crippen LogP contribution in [-0.4, -0.2) is 19.3 Å². The minimum absolute atomic E-state index is 0.684. The standard InChI is InChI=1S/C12H19NS/c1-3-11(10-14)9-13(2)12-7-5-4-6-8-12/h4-8,11,14H,3,9-10H2,1-2H3. The topological polar surface area (TPSA) is 3.24 Å². The predicted molar refractivity (Wildman–Crippen MR) is 67.3 cm³/mol. The maximum Gasteiger partial charge on any atom is 0.0363 e. The van der Waals surface area contributed by atoms with Gasteiger partial charge in [0.2, 0.25) is 0 Å². The predicted octanol–water partition coefficient (Wildman–Crippen LogP) is 3.08. The van der Waals surface area contributed by atoms with Crippen LogP contribution in [0.3, 0.4) is 0 Å². The highest BCUT2D eigenvalue weighted by atomic mass is 32.1. The molecule has 0 aliphatic rings. The van der Waals surface area contributed by atoms with Crippen molar-refractivity contribution in [3.8, 4) is 0 Å². The van der Waals surface area contributed by atoms with Gasteiger partial charge >= 0.3 is 0 Å². The number of hydrogen-bond acceptors (Lipinski definition) is 2. The van der Waals surface area contributed by atoms with Crippen LogP contribution in [0.2, 0.25) is 0 Å². The highest BCUT2D eigenvalue weighted by molar-refractivity contribution is 7.80. The number of anilines is 1. The lowest BCUT2D eigenvalue weighted by atomic mass is 10.1. The van der Waals surface area contributed by atoms with Gasteiger partial charge in [-0.1, -0.05) is 31.5 Å². The monoisotopic (exact) mass is 209 g/mol. The summed E-state index contributed by atoms with van der Waals surface area (Å²) < 4.78 is 0. The number of hydrogen-bond donors (Lipinski definition) is 1. The molecule has 2 heteroatoms. The van der Waals surface area contributed by atoms with Crippen LogP contribution >= 0.6 is 12.6 Å². The summed E-state index contributed by atoms with van der Waals surface area (Å²) in [5, 5.41) is 0. The maximum absolute atomic E-state index is 4.36. The molecule has 1 aromatic carbocycles. The average molecular weight is 209 g/mol. The van der Waals surface area contributed by atoms with Crippen molar-refractivity contribution in [3.63, 3.8) is 0 Å². The third-order valence-electron chi connectivity index (χ3n) is 2.56. The second-order valence-corrected chi connectivity index (χ2v) is 4.04. The number of thiol groups is 1. The first-order chi connectivity index (χ1) is 6.77. The van der Waals surface area contributed by atoms with Gasteiger partial charge in [0.1, 0.15) is 0 Å². The first-order valence-electron chi connectivity index (χ1n) is 5.15. The zero-order valence-electron chi connectivity index (χ0n) is 8.98. The van der Waals surface area contributed by atoms with Crippen molar-refractivity contribution in [1.29, 1.82) is 0 Å². The van der Waals surface area contributed by atoms with Crippen molar-refractivity contribution < 1.29 is 0 Å². The first-order valence-corrected chi connectivity index (χ1v) is 5.78. The summed E-state index contributed by atoms with van der Waals surface area (Å²) in [6, 6.07) is 10.5. The Balaban J connectivity index is 2.54. The zero-order chi connectivity index (χ0) is 10.4. The molecule has 0 aromatic heterocycles. The van der Waals surface area contributed by atoms with E-state index in [9.17, 15) is 0 Å². The number of nitrogens with zero attached hydrogens (tertiary/aromatic N) is 1. The van der Waals surface area contributed by atoms with E-state index in [1.54, 1.807) is 0 Å². The molecule has 1 rings (SSSR count). The van der Waals surface area contributed by atoms with Crippen LogP contribution in [0.1, 0.15) is 13.3 Å². The molecule has 1 aromatic rings. The Morgan fingerprint density at radius 1 is 1.29 bits per heavy atom. The van der Waals surface area contributed by atoms with Crippen LogP contribution in [0.5, 0.6) is 0 Å². The second kappa shape index (κ2) is 5.97. The normalized spacial score (nSPS) is 12.5. The maximum atomic E-state index is 4.36. The largest absolute Gasteiger partial charge is 0.374 e. The molecule has 0 saturated carbocycles. The Hall–Kier alpha value is -0.630. The van der Waals surface area contributed by atoms with E-state index in [2.05, 4.69) is 55.8 Å². The Morgan fingerprint density at radius 3 is 2.43 bits per heavy atom. The van der Waals surface area contributed by atoms with E-state index in [1.165, 1.54) is 12.1 Å². The van der Waals surface area contributed by atoms with Crippen LogP contribution in [0.15, 0.2) is 30.3 Å². The zero-order valence-corrected chi connectivity index (χ0v) is 9.87. The fourth-order valence-corrected chi connectivity index (χ4v) is 1.86. The molecule has 78 valence electrons. The van der Waals surface area contributed by atoms with E-state index in [1.807, 2.05) is 6.07 Å². The molecule has 0 aliphatic carbocycles. The molecule has 0 saturated heterocycles. The van der Waals surface area contributed by atoms with Gasteiger partial charge < -0.3 is 4.90 Å². The number of benzene rings is 1. The van der Waals surface area contributed by atoms with E-state index in [0.29, 0.717) is 5.92 Å². The second-order valence-electron chi connectivity index (χ2n) is 3.67. The fraction of sp³-hybridized carbons (Fsp3) is 0.500. The van der Waals surface area contributed by atoms with Gasteiger partial charge in [-0.25, -0.2) is 0 Å². The molecule has 0 heterocycles. The van der Waals surface area contributed by atoms with Gasteiger partial charge in [-0.05, 0) is 23.8 Å². The molecule has 0 radical (unpaired) electrons. The third-order valence-corrected chi connectivity index (χ3v) is 3.08. The van der Waals surface area contributed by atoms with Crippen molar-refractivity contribution in [1.82, 2.24) is 0 Å². The first kappa shape index (κ1) is 11.4. The lowest BCUT2D eigenvalue weighted by Crippen LogP contribution is -2.25. The van der Waals surface area contributed by atoms with E-state index in [4.69, 9.17) is 0 Å². The Kier molecular flexibility index (Phi) is 4.88. The van der Waals surface area contributed by atoms with Crippen molar-refractivity contribution >= 4 is 18.3 Å². The lowest BCUT2D eigenvalue weighted by Gasteiger charge is -2.23. The van der Waals surface area contributed by atoms with Crippen LogP contribution in [-0.2, 0) is 0 Å². The molecule has 1 nitrogen and oxygen atoms in total. The molecule has 1 unspecified atom stereocenters. The van der Waals surface area contributed by atoms with Gasteiger partial charge in [-0.15, -0.1) is 0 Å². The molecule has 0 aliphatic heterocycles. The molecule has 0 bridgehead atoms. The van der Waals surface area contributed by atoms with Gasteiger partial charge in [0.15, 0.2) is 0 Å².